The predicted octanol–water partition coefficient (Wildman–Crippen LogP) is 2.46. The van der Waals surface area contributed by atoms with Crippen LogP contribution in [0.2, 0.25) is 0 Å². The number of likely N-dealkylation sites (tertiary alicyclic amines) is 1. The van der Waals surface area contributed by atoms with Gasteiger partial charge in [-0.1, -0.05) is 6.07 Å². The summed E-state index contributed by atoms with van der Waals surface area (Å²) in [4.78, 5) is 19.0. The number of hydrogen-bond acceptors (Lipinski definition) is 5. The van der Waals surface area contributed by atoms with Crippen LogP contribution in [0.3, 0.4) is 0 Å². The number of hydrogen-bond donors (Lipinski definition) is 0. The van der Waals surface area contributed by atoms with Crippen molar-refractivity contribution in [2.24, 2.45) is 11.3 Å². The Balaban J connectivity index is 1.49. The van der Waals surface area contributed by atoms with E-state index in [0.717, 1.165) is 5.76 Å². The van der Waals surface area contributed by atoms with Crippen molar-refractivity contribution in [1.82, 2.24) is 9.88 Å². The van der Waals surface area contributed by atoms with E-state index in [4.69, 9.17) is 13.9 Å². The Morgan fingerprint density at radius 3 is 3.04 bits per heavy atom. The van der Waals surface area contributed by atoms with Gasteiger partial charge in [-0.2, -0.15) is 0 Å². The third-order valence-corrected chi connectivity index (χ3v) is 5.22. The van der Waals surface area contributed by atoms with Gasteiger partial charge in [-0.15, -0.1) is 0 Å². The van der Waals surface area contributed by atoms with Gasteiger partial charge in [0.1, 0.15) is 11.5 Å². The van der Waals surface area contributed by atoms with Crippen LogP contribution < -0.4 is 4.74 Å². The number of furan rings is 1. The topological polar surface area (TPSA) is 64.8 Å². The minimum absolute atomic E-state index is 0.0287. The van der Waals surface area contributed by atoms with Crippen LogP contribution in [0.5, 0.6) is 5.88 Å². The van der Waals surface area contributed by atoms with Crippen LogP contribution in [0.15, 0.2) is 34.9 Å². The van der Waals surface area contributed by atoms with Crippen LogP contribution in [0.4, 0.5) is 0 Å². The minimum Gasteiger partial charge on any atom is -0.477 e. The molecule has 2 atom stereocenters. The normalized spacial score (nSPS) is 25.2. The molecule has 0 radical (unpaired) electrons. The van der Waals surface area contributed by atoms with Crippen LogP contribution in [0.1, 0.15) is 21.9 Å². The Kier molecular flexibility index (Phi) is 4.00. The number of pyridine rings is 1. The molecule has 2 aliphatic rings. The Hall–Kier alpha value is -2.34. The zero-order chi connectivity index (χ0) is 17.4. The van der Waals surface area contributed by atoms with Crippen molar-refractivity contribution >= 4 is 5.91 Å². The third kappa shape index (κ3) is 2.91. The lowest BCUT2D eigenvalue weighted by atomic mass is 9.82. The van der Waals surface area contributed by atoms with Crippen LogP contribution in [-0.4, -0.2) is 48.7 Å². The van der Waals surface area contributed by atoms with E-state index in [1.807, 2.05) is 43.0 Å². The van der Waals surface area contributed by atoms with Gasteiger partial charge in [0.15, 0.2) is 0 Å². The zero-order valence-electron chi connectivity index (χ0n) is 14.5. The van der Waals surface area contributed by atoms with Gasteiger partial charge in [-0.05, 0) is 26.0 Å². The molecule has 2 aromatic heterocycles. The van der Waals surface area contributed by atoms with E-state index < -0.39 is 0 Å². The van der Waals surface area contributed by atoms with Crippen molar-refractivity contribution in [3.8, 4) is 5.88 Å². The number of rotatable bonds is 4. The molecule has 0 saturated carbocycles. The highest BCUT2D eigenvalue weighted by atomic mass is 16.5. The molecule has 6 heteroatoms. The summed E-state index contributed by atoms with van der Waals surface area (Å²) in [5, 5.41) is 0. The molecule has 2 saturated heterocycles. The lowest BCUT2D eigenvalue weighted by Gasteiger charge is -2.26. The Labute approximate surface area is 146 Å². The van der Waals surface area contributed by atoms with Crippen LogP contribution in [0.25, 0.3) is 0 Å². The molecule has 0 N–H and O–H groups in total. The van der Waals surface area contributed by atoms with E-state index in [0.29, 0.717) is 50.1 Å². The second-order valence-electron chi connectivity index (χ2n) is 7.04. The summed E-state index contributed by atoms with van der Waals surface area (Å²) in [7, 11) is 0. The Morgan fingerprint density at radius 1 is 1.44 bits per heavy atom. The molecule has 1 amide bonds. The van der Waals surface area contributed by atoms with Crippen LogP contribution in [0, 0.1) is 25.2 Å². The van der Waals surface area contributed by atoms with E-state index in [-0.39, 0.29) is 17.2 Å². The molecule has 6 nitrogen and oxygen atoms in total. The maximum Gasteiger partial charge on any atom is 0.257 e. The van der Waals surface area contributed by atoms with Gasteiger partial charge in [0, 0.05) is 31.3 Å². The van der Waals surface area contributed by atoms with Crippen LogP contribution >= 0.6 is 0 Å². The summed E-state index contributed by atoms with van der Waals surface area (Å²) < 4.78 is 17.1. The fourth-order valence-electron chi connectivity index (χ4n) is 3.85. The van der Waals surface area contributed by atoms with Gasteiger partial charge in [0.25, 0.3) is 5.91 Å². The number of ether oxygens (including phenoxy) is 2. The van der Waals surface area contributed by atoms with Gasteiger partial charge < -0.3 is 18.8 Å². The number of nitrogens with zero attached hydrogens (tertiary/aromatic N) is 2. The van der Waals surface area contributed by atoms with E-state index in [1.54, 1.807) is 6.20 Å². The van der Waals surface area contributed by atoms with Gasteiger partial charge >= 0.3 is 0 Å². The summed E-state index contributed by atoms with van der Waals surface area (Å²) in [6.45, 7) is 6.79. The van der Waals surface area contributed by atoms with Crippen molar-refractivity contribution in [3.63, 3.8) is 0 Å². The molecule has 4 heterocycles. The summed E-state index contributed by atoms with van der Waals surface area (Å²) in [5.74, 6) is 2.36. The first kappa shape index (κ1) is 16.1. The Bertz CT molecular complexity index is 773. The first-order chi connectivity index (χ1) is 12.1. The monoisotopic (exact) mass is 342 g/mol. The lowest BCUT2D eigenvalue weighted by molar-refractivity contribution is 0.0654. The van der Waals surface area contributed by atoms with Crippen molar-refractivity contribution < 1.29 is 18.7 Å². The van der Waals surface area contributed by atoms with Crippen molar-refractivity contribution in [2.45, 2.75) is 13.8 Å². The smallest absolute Gasteiger partial charge is 0.257 e. The molecule has 132 valence electrons. The van der Waals surface area contributed by atoms with Crippen molar-refractivity contribution in [3.05, 3.63) is 47.5 Å². The fourth-order valence-corrected chi connectivity index (χ4v) is 3.85. The maximum absolute atomic E-state index is 12.9. The van der Waals surface area contributed by atoms with Gasteiger partial charge in [0.05, 0.1) is 30.8 Å². The summed E-state index contributed by atoms with van der Waals surface area (Å²) in [5.41, 5.74) is 0.485. The molecule has 0 bridgehead atoms. The molecule has 0 spiro atoms. The molecule has 25 heavy (non-hydrogen) atoms. The molecule has 0 aliphatic carbocycles. The number of carbonyl (C=O) groups excluding carboxylic acids is 1. The van der Waals surface area contributed by atoms with E-state index >= 15 is 0 Å². The second-order valence-corrected chi connectivity index (χ2v) is 7.04. The third-order valence-electron chi connectivity index (χ3n) is 5.22. The molecule has 2 fully saturated rings. The molecular formula is C19H22N2O4. The molecule has 2 aliphatic heterocycles. The largest absolute Gasteiger partial charge is 0.477 e. The number of amides is 1. The molecule has 4 rings (SSSR count). The van der Waals surface area contributed by atoms with E-state index in [2.05, 4.69) is 4.98 Å². The highest BCUT2D eigenvalue weighted by Crippen LogP contribution is 2.42. The number of fused-ring (bicyclic) bond motifs is 1. The number of carbonyl (C=O) groups is 1. The van der Waals surface area contributed by atoms with Crippen molar-refractivity contribution in [2.75, 3.05) is 32.9 Å². The quantitative estimate of drug-likeness (QED) is 0.854. The summed E-state index contributed by atoms with van der Waals surface area (Å²) in [6, 6.07) is 7.42. The first-order valence-corrected chi connectivity index (χ1v) is 8.55. The first-order valence-electron chi connectivity index (χ1n) is 8.55. The summed E-state index contributed by atoms with van der Waals surface area (Å²) in [6.07, 6.45) is 1.71. The van der Waals surface area contributed by atoms with Gasteiger partial charge in [-0.25, -0.2) is 4.98 Å². The molecule has 0 aromatic carbocycles. The summed E-state index contributed by atoms with van der Waals surface area (Å²) >= 11 is 0. The fraction of sp³-hybridized carbons (Fsp3) is 0.474. The lowest BCUT2D eigenvalue weighted by Crippen LogP contribution is -2.38. The second kappa shape index (κ2) is 6.19. The Morgan fingerprint density at radius 2 is 2.32 bits per heavy atom. The zero-order valence-corrected chi connectivity index (χ0v) is 14.5. The maximum atomic E-state index is 12.9. The van der Waals surface area contributed by atoms with Gasteiger partial charge in [0.2, 0.25) is 5.88 Å². The number of aryl methyl sites for hydroxylation is 2. The average Bonchev–Trinajstić information content (AvgIpc) is 3.25. The van der Waals surface area contributed by atoms with Crippen LogP contribution in [-0.2, 0) is 4.74 Å². The average molecular weight is 342 g/mol. The molecule has 0 unspecified atom stereocenters. The number of aromatic nitrogens is 1. The van der Waals surface area contributed by atoms with E-state index in [1.165, 1.54) is 0 Å². The molecule has 2 aromatic rings. The standard InChI is InChI=1S/C19H22N2O4/c1-13-7-16(14(2)25-13)18(22)21-8-15-9-23-11-19(15,10-21)12-24-17-5-3-4-6-20-17/h3-7,15H,8-12H2,1-2H3/t15-,19+/m1/s1. The highest BCUT2D eigenvalue weighted by Gasteiger charge is 2.52. The van der Waals surface area contributed by atoms with Crippen molar-refractivity contribution in [1.29, 1.82) is 0 Å². The predicted molar refractivity (Wildman–Crippen MR) is 90.6 cm³/mol. The molecular weight excluding hydrogens is 320 g/mol. The highest BCUT2D eigenvalue weighted by molar-refractivity contribution is 5.95. The van der Waals surface area contributed by atoms with E-state index in [9.17, 15) is 4.79 Å². The van der Waals surface area contributed by atoms with Gasteiger partial charge in [-0.3, -0.25) is 4.79 Å². The minimum atomic E-state index is -0.167. The SMILES string of the molecule is Cc1cc(C(=O)N2C[C@@H]3COC[C@]3(COc3ccccn3)C2)c(C)o1.